The van der Waals surface area contributed by atoms with Gasteiger partial charge in [-0.15, -0.1) is 0 Å². The van der Waals surface area contributed by atoms with E-state index in [1.807, 2.05) is 0 Å². The van der Waals surface area contributed by atoms with Gasteiger partial charge in [0.05, 0.1) is 12.6 Å². The summed E-state index contributed by atoms with van der Waals surface area (Å²) in [5.41, 5.74) is 0.841. The zero-order valence-electron chi connectivity index (χ0n) is 10.7. The number of hydrogen-bond acceptors (Lipinski definition) is 2. The van der Waals surface area contributed by atoms with Crippen molar-refractivity contribution >= 4 is 17.6 Å². The van der Waals surface area contributed by atoms with Crippen molar-refractivity contribution in [2.75, 3.05) is 6.61 Å². The Morgan fingerprint density at radius 1 is 1.32 bits per heavy atom. The quantitative estimate of drug-likeness (QED) is 0.795. The Labute approximate surface area is 118 Å². The lowest BCUT2D eigenvalue weighted by Crippen LogP contribution is -2.43. The fourth-order valence-electron chi connectivity index (χ4n) is 2.38. The highest BCUT2D eigenvalue weighted by molar-refractivity contribution is 6.30. The van der Waals surface area contributed by atoms with Crippen LogP contribution in [0.15, 0.2) is 24.3 Å². The molecule has 1 atom stereocenters. The third kappa shape index (κ3) is 4.11. The van der Waals surface area contributed by atoms with Crippen molar-refractivity contribution in [1.29, 1.82) is 0 Å². The number of rotatable bonds is 4. The van der Waals surface area contributed by atoms with E-state index in [4.69, 9.17) is 11.6 Å². The Kier molecular flexibility index (Phi) is 5.05. The Morgan fingerprint density at radius 2 is 1.95 bits per heavy atom. The summed E-state index contributed by atoms with van der Waals surface area (Å²) in [7, 11) is 0. The van der Waals surface area contributed by atoms with Crippen molar-refractivity contribution in [3.63, 3.8) is 0 Å². The van der Waals surface area contributed by atoms with Crippen LogP contribution in [0.3, 0.4) is 0 Å². The molecule has 0 saturated heterocycles. The summed E-state index contributed by atoms with van der Waals surface area (Å²) in [5.74, 6) is 0. The lowest BCUT2D eigenvalue weighted by atomic mass is 10.1. The topological polar surface area (TPSA) is 61.4 Å². The first-order valence-corrected chi connectivity index (χ1v) is 7.00. The van der Waals surface area contributed by atoms with Gasteiger partial charge in [0.1, 0.15) is 0 Å². The molecular formula is C14H19ClN2O2. The molecule has 0 aliphatic heterocycles. The van der Waals surface area contributed by atoms with Gasteiger partial charge in [-0.2, -0.15) is 0 Å². The fraction of sp³-hybridized carbons (Fsp3) is 0.500. The minimum atomic E-state index is -0.404. The Balaban J connectivity index is 1.90. The van der Waals surface area contributed by atoms with Gasteiger partial charge in [0.25, 0.3) is 0 Å². The summed E-state index contributed by atoms with van der Waals surface area (Å²) in [6, 6.07) is 6.74. The van der Waals surface area contributed by atoms with E-state index < -0.39 is 6.04 Å². The van der Waals surface area contributed by atoms with Crippen LogP contribution in [-0.4, -0.2) is 23.8 Å². The molecule has 0 heterocycles. The second-order valence-electron chi connectivity index (χ2n) is 4.89. The van der Waals surface area contributed by atoms with E-state index in [0.29, 0.717) is 5.02 Å². The standard InChI is InChI=1S/C14H19ClN2O2/c15-11-7-5-10(6-8-11)13(9-18)17-14(19)16-12-3-1-2-4-12/h5-8,12-13,18H,1-4,9H2,(H2,16,17,19). The molecule has 104 valence electrons. The first-order valence-electron chi connectivity index (χ1n) is 6.62. The minimum Gasteiger partial charge on any atom is -0.394 e. The van der Waals surface area contributed by atoms with Crippen LogP contribution < -0.4 is 10.6 Å². The summed E-state index contributed by atoms with van der Waals surface area (Å²) in [6.07, 6.45) is 4.42. The number of aliphatic hydroxyl groups is 1. The number of hydrogen-bond donors (Lipinski definition) is 3. The Bertz CT molecular complexity index is 416. The van der Waals surface area contributed by atoms with Gasteiger partial charge in [-0.3, -0.25) is 0 Å². The normalized spacial score (nSPS) is 17.2. The Hall–Kier alpha value is -1.26. The van der Waals surface area contributed by atoms with Crippen molar-refractivity contribution in [3.8, 4) is 0 Å². The monoisotopic (exact) mass is 282 g/mol. The maximum atomic E-state index is 11.8. The van der Waals surface area contributed by atoms with E-state index in [9.17, 15) is 9.90 Å². The highest BCUT2D eigenvalue weighted by Crippen LogP contribution is 2.18. The van der Waals surface area contributed by atoms with Gasteiger partial charge in [-0.25, -0.2) is 4.79 Å². The number of carbonyl (C=O) groups excluding carboxylic acids is 1. The van der Waals surface area contributed by atoms with Crippen LogP contribution in [0.2, 0.25) is 5.02 Å². The zero-order chi connectivity index (χ0) is 13.7. The third-order valence-corrected chi connectivity index (χ3v) is 3.70. The molecule has 0 aromatic heterocycles. The number of amides is 2. The molecule has 1 aromatic carbocycles. The predicted octanol–water partition coefficient (Wildman–Crippen LogP) is 2.62. The summed E-state index contributed by atoms with van der Waals surface area (Å²) in [4.78, 5) is 11.8. The van der Waals surface area contributed by atoms with E-state index in [1.54, 1.807) is 24.3 Å². The van der Waals surface area contributed by atoms with E-state index in [-0.39, 0.29) is 18.7 Å². The average Bonchev–Trinajstić information content (AvgIpc) is 2.90. The molecule has 5 heteroatoms. The van der Waals surface area contributed by atoms with Gasteiger partial charge in [0.15, 0.2) is 0 Å². The van der Waals surface area contributed by atoms with Crippen LogP contribution in [0.25, 0.3) is 0 Å². The first kappa shape index (κ1) is 14.2. The fourth-order valence-corrected chi connectivity index (χ4v) is 2.51. The first-order chi connectivity index (χ1) is 9.19. The summed E-state index contributed by atoms with van der Waals surface area (Å²) < 4.78 is 0. The highest BCUT2D eigenvalue weighted by Gasteiger charge is 2.19. The van der Waals surface area contributed by atoms with Crippen LogP contribution in [0.5, 0.6) is 0 Å². The van der Waals surface area contributed by atoms with Crippen molar-refractivity contribution in [1.82, 2.24) is 10.6 Å². The molecule has 0 radical (unpaired) electrons. The molecule has 1 aliphatic rings. The Morgan fingerprint density at radius 3 is 2.53 bits per heavy atom. The number of benzene rings is 1. The molecule has 1 unspecified atom stereocenters. The molecule has 1 aliphatic carbocycles. The van der Waals surface area contributed by atoms with Gasteiger partial charge in [0.2, 0.25) is 0 Å². The van der Waals surface area contributed by atoms with Crippen molar-refractivity contribution in [2.45, 2.75) is 37.8 Å². The minimum absolute atomic E-state index is 0.139. The molecule has 1 saturated carbocycles. The highest BCUT2D eigenvalue weighted by atomic mass is 35.5. The van der Waals surface area contributed by atoms with Crippen molar-refractivity contribution < 1.29 is 9.90 Å². The lowest BCUT2D eigenvalue weighted by molar-refractivity contribution is 0.214. The van der Waals surface area contributed by atoms with E-state index in [2.05, 4.69) is 10.6 Å². The molecule has 0 spiro atoms. The molecular weight excluding hydrogens is 264 g/mol. The van der Waals surface area contributed by atoms with Gasteiger partial charge in [0, 0.05) is 11.1 Å². The number of halogens is 1. The van der Waals surface area contributed by atoms with Crippen LogP contribution in [0.4, 0.5) is 4.79 Å². The summed E-state index contributed by atoms with van der Waals surface area (Å²) in [6.45, 7) is -0.139. The molecule has 2 amide bonds. The predicted molar refractivity (Wildman–Crippen MR) is 75.2 cm³/mol. The molecule has 1 aromatic rings. The smallest absolute Gasteiger partial charge is 0.315 e. The second-order valence-corrected chi connectivity index (χ2v) is 5.32. The number of carbonyl (C=O) groups is 1. The van der Waals surface area contributed by atoms with E-state index in [0.717, 1.165) is 18.4 Å². The maximum absolute atomic E-state index is 11.8. The number of aliphatic hydroxyl groups excluding tert-OH is 1. The zero-order valence-corrected chi connectivity index (χ0v) is 11.5. The second kappa shape index (κ2) is 6.78. The van der Waals surface area contributed by atoms with E-state index in [1.165, 1.54) is 12.8 Å². The van der Waals surface area contributed by atoms with Crippen molar-refractivity contribution in [3.05, 3.63) is 34.9 Å². The van der Waals surface area contributed by atoms with Gasteiger partial charge in [-0.1, -0.05) is 36.6 Å². The van der Waals surface area contributed by atoms with Crippen LogP contribution >= 0.6 is 11.6 Å². The molecule has 4 nitrogen and oxygen atoms in total. The molecule has 3 N–H and O–H groups in total. The SMILES string of the molecule is O=C(NC1CCCC1)NC(CO)c1ccc(Cl)cc1. The molecule has 1 fully saturated rings. The van der Waals surface area contributed by atoms with Gasteiger partial charge >= 0.3 is 6.03 Å². The lowest BCUT2D eigenvalue weighted by Gasteiger charge is -2.19. The summed E-state index contributed by atoms with van der Waals surface area (Å²) >= 11 is 5.82. The van der Waals surface area contributed by atoms with Crippen LogP contribution in [0.1, 0.15) is 37.3 Å². The van der Waals surface area contributed by atoms with Crippen molar-refractivity contribution in [2.24, 2.45) is 0 Å². The maximum Gasteiger partial charge on any atom is 0.315 e. The molecule has 19 heavy (non-hydrogen) atoms. The van der Waals surface area contributed by atoms with Crippen LogP contribution in [-0.2, 0) is 0 Å². The molecule has 2 rings (SSSR count). The third-order valence-electron chi connectivity index (χ3n) is 3.45. The summed E-state index contributed by atoms with van der Waals surface area (Å²) in [5, 5.41) is 15.7. The van der Waals surface area contributed by atoms with E-state index >= 15 is 0 Å². The molecule has 0 bridgehead atoms. The van der Waals surface area contributed by atoms with Crippen LogP contribution in [0, 0.1) is 0 Å². The van der Waals surface area contributed by atoms with Gasteiger partial charge < -0.3 is 15.7 Å². The number of urea groups is 1. The van der Waals surface area contributed by atoms with Gasteiger partial charge in [-0.05, 0) is 30.5 Å². The average molecular weight is 283 g/mol. The number of nitrogens with one attached hydrogen (secondary N) is 2. The largest absolute Gasteiger partial charge is 0.394 e.